The van der Waals surface area contributed by atoms with Gasteiger partial charge in [-0.2, -0.15) is 0 Å². The number of aromatic hydroxyl groups is 6. The number of phenols is 6. The largest absolute Gasteiger partial charge is 0.508 e. The molecule has 0 fully saturated rings. The third kappa shape index (κ3) is 4.53. The quantitative estimate of drug-likeness (QED) is 0.223. The van der Waals surface area contributed by atoms with Crippen LogP contribution in [0.1, 0.15) is 47.8 Å². The summed E-state index contributed by atoms with van der Waals surface area (Å²) < 4.78 is 0. The molecule has 0 atom stereocenters. The molecule has 0 unspecified atom stereocenters. The molecule has 0 spiro atoms. The van der Waals surface area contributed by atoms with Crippen LogP contribution in [-0.4, -0.2) is 48.0 Å². The van der Waals surface area contributed by atoms with Crippen LogP contribution in [0.15, 0.2) is 72.8 Å². The van der Waals surface area contributed by atoms with E-state index in [0.717, 1.165) is 36.4 Å². The van der Waals surface area contributed by atoms with Gasteiger partial charge in [-0.3, -0.25) is 14.4 Å². The minimum atomic E-state index is -0.777. The lowest BCUT2D eigenvalue weighted by Crippen LogP contribution is -2.11. The van der Waals surface area contributed by atoms with Crippen molar-refractivity contribution in [3.8, 4) is 34.5 Å². The fraction of sp³-hybridized carbons (Fsp3) is 0. The first-order chi connectivity index (χ1) is 17.0. The number of ketones is 3. The predicted octanol–water partition coefficient (Wildman–Crippen LogP) is 3.61. The summed E-state index contributed by atoms with van der Waals surface area (Å²) in [5.41, 5.74) is -1.17. The Bertz CT molecular complexity index is 1360. The zero-order valence-electron chi connectivity index (χ0n) is 18.3. The molecular formula is C27H18O9. The maximum Gasteiger partial charge on any atom is 0.196 e. The van der Waals surface area contributed by atoms with Crippen molar-refractivity contribution in [3.05, 3.63) is 106 Å². The summed E-state index contributed by atoms with van der Waals surface area (Å²) in [5.74, 6) is -4.77. The van der Waals surface area contributed by atoms with Crippen LogP contribution in [0.4, 0.5) is 0 Å². The molecule has 9 nitrogen and oxygen atoms in total. The molecule has 0 saturated carbocycles. The lowest BCUT2D eigenvalue weighted by Gasteiger charge is -2.11. The first-order valence-electron chi connectivity index (χ1n) is 10.4. The number of rotatable bonds is 6. The van der Waals surface area contributed by atoms with Gasteiger partial charge < -0.3 is 30.6 Å². The molecule has 0 heterocycles. The highest BCUT2D eigenvalue weighted by Crippen LogP contribution is 2.30. The van der Waals surface area contributed by atoms with E-state index in [9.17, 15) is 45.0 Å². The number of hydrogen-bond donors (Lipinski definition) is 6. The van der Waals surface area contributed by atoms with Gasteiger partial charge in [-0.1, -0.05) is 0 Å². The summed E-state index contributed by atoms with van der Waals surface area (Å²) in [4.78, 5) is 39.6. The van der Waals surface area contributed by atoms with Crippen LogP contribution in [0.25, 0.3) is 0 Å². The molecular weight excluding hydrogens is 468 g/mol. The van der Waals surface area contributed by atoms with E-state index in [1.807, 2.05) is 0 Å². The van der Waals surface area contributed by atoms with Crippen molar-refractivity contribution < 1.29 is 45.0 Å². The SMILES string of the molecule is O=C(c1cc(C(=O)c2ccc(O)cc2O)cc(C(=O)c2ccc(O)cc2O)c1)c1ccc(O)cc1O. The van der Waals surface area contributed by atoms with Crippen LogP contribution >= 0.6 is 0 Å². The first kappa shape index (κ1) is 23.8. The highest BCUT2D eigenvalue weighted by Gasteiger charge is 2.23. The molecule has 0 amide bonds. The van der Waals surface area contributed by atoms with Gasteiger partial charge in [0.2, 0.25) is 0 Å². The highest BCUT2D eigenvalue weighted by atomic mass is 16.3. The second-order valence-corrected chi connectivity index (χ2v) is 7.89. The molecule has 0 aliphatic carbocycles. The van der Waals surface area contributed by atoms with E-state index < -0.39 is 34.6 Å². The smallest absolute Gasteiger partial charge is 0.196 e. The van der Waals surface area contributed by atoms with Crippen molar-refractivity contribution in [1.82, 2.24) is 0 Å². The summed E-state index contributed by atoms with van der Waals surface area (Å²) in [7, 11) is 0. The Morgan fingerprint density at radius 3 is 0.861 bits per heavy atom. The van der Waals surface area contributed by atoms with Crippen LogP contribution in [0, 0.1) is 0 Å². The second kappa shape index (κ2) is 9.15. The van der Waals surface area contributed by atoms with Gasteiger partial charge in [0, 0.05) is 34.9 Å². The van der Waals surface area contributed by atoms with Gasteiger partial charge in [0.1, 0.15) is 34.5 Å². The predicted molar refractivity (Wildman–Crippen MR) is 126 cm³/mol. The van der Waals surface area contributed by atoms with Crippen molar-refractivity contribution in [2.24, 2.45) is 0 Å². The van der Waals surface area contributed by atoms with Gasteiger partial charge in [0.25, 0.3) is 0 Å². The molecule has 0 saturated heterocycles. The normalized spacial score (nSPS) is 10.7. The van der Waals surface area contributed by atoms with E-state index in [4.69, 9.17) is 0 Å². The molecule has 6 N–H and O–H groups in total. The molecule has 0 bridgehead atoms. The molecule has 9 heteroatoms. The van der Waals surface area contributed by atoms with E-state index >= 15 is 0 Å². The van der Waals surface area contributed by atoms with E-state index in [0.29, 0.717) is 0 Å². The minimum absolute atomic E-state index is 0.179. The summed E-state index contributed by atoms with van der Waals surface area (Å²) >= 11 is 0. The van der Waals surface area contributed by atoms with Crippen LogP contribution in [0.5, 0.6) is 34.5 Å². The Labute approximate surface area is 203 Å². The number of hydrogen-bond acceptors (Lipinski definition) is 9. The lowest BCUT2D eigenvalue weighted by atomic mass is 9.91. The number of carbonyl (C=O) groups is 3. The summed E-state index contributed by atoms with van der Waals surface area (Å²) in [6, 6.07) is 13.4. The van der Waals surface area contributed by atoms with Crippen molar-refractivity contribution in [2.45, 2.75) is 0 Å². The minimum Gasteiger partial charge on any atom is -0.508 e. The van der Waals surface area contributed by atoms with Gasteiger partial charge >= 0.3 is 0 Å². The molecule has 0 radical (unpaired) electrons. The first-order valence-corrected chi connectivity index (χ1v) is 10.4. The van der Waals surface area contributed by atoms with Crippen LogP contribution in [-0.2, 0) is 0 Å². The standard InChI is InChI=1S/C27H18O9/c28-16-1-4-19(22(31)10-16)25(34)13-7-14(26(35)20-5-2-17(29)11-23(20)32)9-15(8-13)27(36)21-6-3-18(30)12-24(21)33/h1-12,28-33H. The van der Waals surface area contributed by atoms with Crippen LogP contribution in [0.3, 0.4) is 0 Å². The fourth-order valence-electron chi connectivity index (χ4n) is 3.62. The van der Waals surface area contributed by atoms with Crippen molar-refractivity contribution >= 4 is 17.3 Å². The zero-order valence-corrected chi connectivity index (χ0v) is 18.3. The van der Waals surface area contributed by atoms with Gasteiger partial charge in [0.15, 0.2) is 17.3 Å². The van der Waals surface area contributed by atoms with Crippen molar-refractivity contribution in [2.75, 3.05) is 0 Å². The summed E-state index contributed by atoms with van der Waals surface area (Å²) in [5, 5.41) is 59.0. The van der Waals surface area contributed by atoms with E-state index in [1.54, 1.807) is 0 Å². The maximum atomic E-state index is 13.2. The topological polar surface area (TPSA) is 173 Å². The van der Waals surface area contributed by atoms with Crippen molar-refractivity contribution in [1.29, 1.82) is 0 Å². The average Bonchev–Trinajstić information content (AvgIpc) is 2.82. The van der Waals surface area contributed by atoms with E-state index in [2.05, 4.69) is 0 Å². The van der Waals surface area contributed by atoms with Gasteiger partial charge in [0.05, 0.1) is 16.7 Å². The van der Waals surface area contributed by atoms with Gasteiger partial charge in [-0.25, -0.2) is 0 Å². The molecule has 4 aromatic carbocycles. The summed E-state index contributed by atoms with van der Waals surface area (Å²) in [6.45, 7) is 0. The Morgan fingerprint density at radius 1 is 0.389 bits per heavy atom. The highest BCUT2D eigenvalue weighted by molar-refractivity contribution is 6.18. The average molecular weight is 486 g/mol. The second-order valence-electron chi connectivity index (χ2n) is 7.89. The molecule has 180 valence electrons. The fourth-order valence-corrected chi connectivity index (χ4v) is 3.62. The third-order valence-electron chi connectivity index (χ3n) is 5.40. The molecule has 4 rings (SSSR count). The van der Waals surface area contributed by atoms with Gasteiger partial charge in [-0.15, -0.1) is 0 Å². The molecule has 0 aromatic heterocycles. The number of phenolic OH excluding ortho intramolecular Hbond substituents is 6. The third-order valence-corrected chi connectivity index (χ3v) is 5.40. The lowest BCUT2D eigenvalue weighted by molar-refractivity contribution is 0.103. The molecule has 0 aliphatic rings. The number of carbonyl (C=O) groups excluding carboxylic acids is 3. The monoisotopic (exact) mass is 486 g/mol. The number of benzene rings is 4. The summed E-state index contributed by atoms with van der Waals surface area (Å²) in [6.07, 6.45) is 0. The molecule has 4 aromatic rings. The zero-order chi connectivity index (χ0) is 26.1. The molecule has 0 aliphatic heterocycles. The van der Waals surface area contributed by atoms with E-state index in [1.165, 1.54) is 36.4 Å². The molecule has 36 heavy (non-hydrogen) atoms. The Kier molecular flexibility index (Phi) is 6.06. The van der Waals surface area contributed by atoms with Gasteiger partial charge in [-0.05, 0) is 54.6 Å². The van der Waals surface area contributed by atoms with E-state index in [-0.39, 0.29) is 50.6 Å². The Balaban J connectivity index is 1.88. The van der Waals surface area contributed by atoms with Crippen LogP contribution < -0.4 is 0 Å². The van der Waals surface area contributed by atoms with Crippen molar-refractivity contribution in [3.63, 3.8) is 0 Å². The van der Waals surface area contributed by atoms with Crippen LogP contribution in [0.2, 0.25) is 0 Å². The maximum absolute atomic E-state index is 13.2. The Morgan fingerprint density at radius 2 is 0.639 bits per heavy atom. The Hall–Kier alpha value is -5.31.